The first-order chi connectivity index (χ1) is 9.54. The zero-order chi connectivity index (χ0) is 14.3. The summed E-state index contributed by atoms with van der Waals surface area (Å²) < 4.78 is 27.3. The lowest BCUT2D eigenvalue weighted by Crippen LogP contribution is -2.09. The second-order valence-corrected chi connectivity index (χ2v) is 5.72. The molecule has 0 aromatic heterocycles. The molecule has 5 heteroatoms. The lowest BCUT2D eigenvalue weighted by molar-refractivity contribution is 0.474. The maximum Gasteiger partial charge on any atom is 0.150 e. The van der Waals surface area contributed by atoms with E-state index in [2.05, 4.69) is 21.2 Å². The van der Waals surface area contributed by atoms with Gasteiger partial charge >= 0.3 is 0 Å². The number of benzene rings is 2. The number of fused-ring (bicyclic) bond motifs is 1. The number of hydrogen-bond donors (Lipinski definition) is 2. The zero-order valence-electron chi connectivity index (χ0n) is 10.5. The van der Waals surface area contributed by atoms with Crippen molar-refractivity contribution in [2.75, 3.05) is 5.32 Å². The predicted octanol–water partition coefficient (Wildman–Crippen LogP) is 4.53. The normalized spacial score (nSPS) is 17.1. The third kappa shape index (κ3) is 2.38. The molecule has 2 aromatic carbocycles. The topological polar surface area (TPSA) is 32.3 Å². The summed E-state index contributed by atoms with van der Waals surface area (Å²) in [6.45, 7) is 0. The van der Waals surface area contributed by atoms with Crippen LogP contribution in [0.25, 0.3) is 0 Å². The highest BCUT2D eigenvalue weighted by Crippen LogP contribution is 2.38. The Morgan fingerprint density at radius 3 is 2.75 bits per heavy atom. The number of hydrogen-bond acceptors (Lipinski definition) is 2. The van der Waals surface area contributed by atoms with Gasteiger partial charge in [-0.05, 0) is 58.1 Å². The fraction of sp³-hybridized carbons (Fsp3) is 0.200. The lowest BCUT2D eigenvalue weighted by atomic mass is 10.1. The SMILES string of the molecule is Oc1ccc2c(c1)CCC2Nc1c(F)cc(F)cc1Br. The molecule has 1 unspecified atom stereocenters. The minimum atomic E-state index is -0.621. The molecule has 2 N–H and O–H groups in total. The molecule has 0 saturated heterocycles. The first kappa shape index (κ1) is 13.4. The van der Waals surface area contributed by atoms with Gasteiger partial charge in [0, 0.05) is 10.5 Å². The standard InChI is InChI=1S/C15H12BrF2NO/c16-12-6-9(17)7-13(18)15(12)19-14-4-1-8-5-10(20)2-3-11(8)14/h2-3,5-7,14,19-20H,1,4H2. The minimum absolute atomic E-state index is 0.0399. The van der Waals surface area contributed by atoms with E-state index in [1.54, 1.807) is 12.1 Å². The van der Waals surface area contributed by atoms with Gasteiger partial charge in [-0.3, -0.25) is 0 Å². The van der Waals surface area contributed by atoms with Crippen LogP contribution in [0.5, 0.6) is 5.75 Å². The number of phenols is 1. The third-order valence-electron chi connectivity index (χ3n) is 3.53. The molecule has 0 bridgehead atoms. The summed E-state index contributed by atoms with van der Waals surface area (Å²) in [4.78, 5) is 0. The average Bonchev–Trinajstić information content (AvgIpc) is 2.76. The first-order valence-corrected chi connectivity index (χ1v) is 7.07. The van der Waals surface area contributed by atoms with Gasteiger partial charge in [0.05, 0.1) is 11.7 Å². The Hall–Kier alpha value is -1.62. The predicted molar refractivity (Wildman–Crippen MR) is 76.8 cm³/mol. The Bertz CT molecular complexity index is 652. The van der Waals surface area contributed by atoms with Gasteiger partial charge in [0.25, 0.3) is 0 Å². The van der Waals surface area contributed by atoms with Crippen LogP contribution < -0.4 is 5.32 Å². The molecule has 1 aliphatic rings. The third-order valence-corrected chi connectivity index (χ3v) is 4.16. The monoisotopic (exact) mass is 339 g/mol. The van der Waals surface area contributed by atoms with Crippen molar-refractivity contribution in [2.24, 2.45) is 0 Å². The molecule has 0 saturated carbocycles. The molecule has 0 radical (unpaired) electrons. The first-order valence-electron chi connectivity index (χ1n) is 6.27. The van der Waals surface area contributed by atoms with E-state index in [-0.39, 0.29) is 17.5 Å². The van der Waals surface area contributed by atoms with Gasteiger partial charge < -0.3 is 10.4 Å². The molecule has 0 heterocycles. The fourth-order valence-corrected chi connectivity index (χ4v) is 3.13. The smallest absolute Gasteiger partial charge is 0.150 e. The molecule has 1 aliphatic carbocycles. The van der Waals surface area contributed by atoms with Gasteiger partial charge in [-0.2, -0.15) is 0 Å². The maximum absolute atomic E-state index is 13.8. The number of aryl methyl sites for hydroxylation is 1. The van der Waals surface area contributed by atoms with Crippen LogP contribution in [0.3, 0.4) is 0 Å². The van der Waals surface area contributed by atoms with Gasteiger partial charge in [-0.15, -0.1) is 0 Å². The molecule has 104 valence electrons. The molecular formula is C15H12BrF2NO. The minimum Gasteiger partial charge on any atom is -0.508 e. The lowest BCUT2D eigenvalue weighted by Gasteiger charge is -2.17. The Morgan fingerprint density at radius 1 is 1.20 bits per heavy atom. The summed E-state index contributed by atoms with van der Waals surface area (Å²) in [6, 6.07) is 7.24. The van der Waals surface area contributed by atoms with E-state index in [0.29, 0.717) is 4.47 Å². The van der Waals surface area contributed by atoms with Crippen LogP contribution in [0.1, 0.15) is 23.6 Å². The van der Waals surface area contributed by atoms with Crippen molar-refractivity contribution in [3.8, 4) is 5.75 Å². The van der Waals surface area contributed by atoms with Crippen LogP contribution in [-0.4, -0.2) is 5.11 Å². The molecular weight excluding hydrogens is 328 g/mol. The Kier molecular flexibility index (Phi) is 3.38. The molecule has 0 amide bonds. The van der Waals surface area contributed by atoms with Crippen molar-refractivity contribution in [2.45, 2.75) is 18.9 Å². The van der Waals surface area contributed by atoms with Crippen LogP contribution in [-0.2, 0) is 6.42 Å². The summed E-state index contributed by atoms with van der Waals surface area (Å²) in [5.41, 5.74) is 2.36. The van der Waals surface area contributed by atoms with Crippen LogP contribution in [0.2, 0.25) is 0 Å². The molecule has 0 aliphatic heterocycles. The number of nitrogens with one attached hydrogen (secondary N) is 1. The van der Waals surface area contributed by atoms with Crippen molar-refractivity contribution in [3.63, 3.8) is 0 Å². The van der Waals surface area contributed by atoms with E-state index in [9.17, 15) is 13.9 Å². The van der Waals surface area contributed by atoms with Crippen molar-refractivity contribution in [1.82, 2.24) is 0 Å². The second kappa shape index (κ2) is 5.05. The highest BCUT2D eigenvalue weighted by atomic mass is 79.9. The van der Waals surface area contributed by atoms with E-state index in [4.69, 9.17) is 0 Å². The van der Waals surface area contributed by atoms with Crippen LogP contribution in [0.15, 0.2) is 34.8 Å². The number of rotatable bonds is 2. The summed E-state index contributed by atoms with van der Waals surface area (Å²) in [7, 11) is 0. The summed E-state index contributed by atoms with van der Waals surface area (Å²) in [6.07, 6.45) is 1.63. The van der Waals surface area contributed by atoms with Gasteiger partial charge in [0.1, 0.15) is 17.4 Å². The Labute approximate surface area is 123 Å². The van der Waals surface area contributed by atoms with Crippen LogP contribution >= 0.6 is 15.9 Å². The summed E-state index contributed by atoms with van der Waals surface area (Å²) in [5.74, 6) is -1.00. The van der Waals surface area contributed by atoms with Crippen LogP contribution in [0.4, 0.5) is 14.5 Å². The van der Waals surface area contributed by atoms with E-state index in [0.717, 1.165) is 30.0 Å². The summed E-state index contributed by atoms with van der Waals surface area (Å²) >= 11 is 3.17. The maximum atomic E-state index is 13.8. The van der Waals surface area contributed by atoms with Crippen molar-refractivity contribution < 1.29 is 13.9 Å². The number of aromatic hydroxyl groups is 1. The molecule has 0 fully saturated rings. The summed E-state index contributed by atoms with van der Waals surface area (Å²) in [5, 5.41) is 12.6. The highest BCUT2D eigenvalue weighted by Gasteiger charge is 2.24. The number of phenolic OH excluding ortho intramolecular Hbond substituents is 1. The van der Waals surface area contributed by atoms with E-state index < -0.39 is 11.6 Å². The van der Waals surface area contributed by atoms with Gasteiger partial charge in [0.15, 0.2) is 0 Å². The molecule has 2 aromatic rings. The Balaban J connectivity index is 1.91. The Morgan fingerprint density at radius 2 is 2.00 bits per heavy atom. The zero-order valence-corrected chi connectivity index (χ0v) is 12.0. The number of anilines is 1. The quantitative estimate of drug-likeness (QED) is 0.842. The second-order valence-electron chi connectivity index (χ2n) is 4.86. The molecule has 1 atom stereocenters. The van der Waals surface area contributed by atoms with Gasteiger partial charge in [-0.1, -0.05) is 6.07 Å². The van der Waals surface area contributed by atoms with E-state index in [1.165, 1.54) is 6.07 Å². The number of halogens is 3. The molecule has 3 rings (SSSR count). The van der Waals surface area contributed by atoms with Gasteiger partial charge in [0.2, 0.25) is 0 Å². The van der Waals surface area contributed by atoms with Gasteiger partial charge in [-0.25, -0.2) is 8.78 Å². The molecule has 20 heavy (non-hydrogen) atoms. The van der Waals surface area contributed by atoms with Crippen LogP contribution in [0, 0.1) is 11.6 Å². The van der Waals surface area contributed by atoms with Crippen molar-refractivity contribution >= 4 is 21.6 Å². The van der Waals surface area contributed by atoms with Crippen molar-refractivity contribution in [1.29, 1.82) is 0 Å². The molecule has 0 spiro atoms. The highest BCUT2D eigenvalue weighted by molar-refractivity contribution is 9.10. The van der Waals surface area contributed by atoms with E-state index >= 15 is 0 Å². The average molecular weight is 340 g/mol. The van der Waals surface area contributed by atoms with E-state index in [1.807, 2.05) is 6.07 Å². The largest absolute Gasteiger partial charge is 0.508 e. The fourth-order valence-electron chi connectivity index (χ4n) is 2.61. The molecule has 2 nitrogen and oxygen atoms in total. The van der Waals surface area contributed by atoms with Crippen molar-refractivity contribution in [3.05, 3.63) is 57.6 Å².